The Morgan fingerprint density at radius 2 is 2.39 bits per heavy atom. The van der Waals surface area contributed by atoms with E-state index >= 15 is 0 Å². The molecule has 6 heteroatoms. The molecule has 1 fully saturated rings. The Balaban J connectivity index is 1.58. The fourth-order valence-corrected chi connectivity index (χ4v) is 3.26. The normalized spacial score (nSPS) is 14.9. The summed E-state index contributed by atoms with van der Waals surface area (Å²) < 4.78 is 0. The smallest absolute Gasteiger partial charge is 0.230 e. The fraction of sp³-hybridized carbons (Fsp3) is 0.417. The van der Waals surface area contributed by atoms with Crippen LogP contribution in [0.25, 0.3) is 10.2 Å². The number of thioether (sulfide) groups is 1. The number of rotatable bonds is 5. The third-order valence-electron chi connectivity index (χ3n) is 2.85. The summed E-state index contributed by atoms with van der Waals surface area (Å²) in [5.41, 5.74) is 0. The number of fused-ring (bicyclic) bond motifs is 1. The highest BCUT2D eigenvalue weighted by Gasteiger charge is 2.21. The highest BCUT2D eigenvalue weighted by Crippen LogP contribution is 2.28. The number of thiophene rings is 1. The topological polar surface area (TPSA) is 54.9 Å². The number of aromatic nitrogens is 2. The van der Waals surface area contributed by atoms with E-state index in [4.69, 9.17) is 0 Å². The lowest BCUT2D eigenvalue weighted by Crippen LogP contribution is -2.27. The van der Waals surface area contributed by atoms with E-state index in [-0.39, 0.29) is 5.91 Å². The van der Waals surface area contributed by atoms with E-state index in [1.165, 1.54) is 24.6 Å². The van der Waals surface area contributed by atoms with E-state index in [0.29, 0.717) is 5.75 Å². The van der Waals surface area contributed by atoms with Crippen molar-refractivity contribution in [3.8, 4) is 0 Å². The van der Waals surface area contributed by atoms with Gasteiger partial charge in [-0.05, 0) is 30.2 Å². The van der Waals surface area contributed by atoms with Crippen molar-refractivity contribution in [1.82, 2.24) is 15.3 Å². The van der Waals surface area contributed by atoms with Gasteiger partial charge in [0.2, 0.25) is 5.91 Å². The van der Waals surface area contributed by atoms with Gasteiger partial charge in [-0.15, -0.1) is 11.3 Å². The van der Waals surface area contributed by atoms with Gasteiger partial charge in [-0.2, -0.15) is 0 Å². The quantitative estimate of drug-likeness (QED) is 0.674. The van der Waals surface area contributed by atoms with Crippen LogP contribution in [0.15, 0.2) is 22.8 Å². The number of carbonyl (C=O) groups is 1. The molecular formula is C12H13N3OS2. The van der Waals surface area contributed by atoms with Gasteiger partial charge in [0.1, 0.15) is 16.2 Å². The van der Waals surface area contributed by atoms with Crippen molar-refractivity contribution < 1.29 is 4.79 Å². The Morgan fingerprint density at radius 3 is 3.22 bits per heavy atom. The predicted molar refractivity (Wildman–Crippen MR) is 73.9 cm³/mol. The molecule has 1 aliphatic rings. The Kier molecular flexibility index (Phi) is 3.47. The molecule has 0 bridgehead atoms. The van der Waals surface area contributed by atoms with Crippen LogP contribution in [0.5, 0.6) is 0 Å². The van der Waals surface area contributed by atoms with Gasteiger partial charge in [-0.25, -0.2) is 9.97 Å². The molecule has 4 nitrogen and oxygen atoms in total. The Morgan fingerprint density at radius 1 is 1.50 bits per heavy atom. The van der Waals surface area contributed by atoms with Gasteiger partial charge >= 0.3 is 0 Å². The maximum atomic E-state index is 11.7. The molecule has 1 N–H and O–H groups in total. The van der Waals surface area contributed by atoms with Crippen LogP contribution >= 0.6 is 23.1 Å². The van der Waals surface area contributed by atoms with Crippen LogP contribution in [0.3, 0.4) is 0 Å². The average Bonchev–Trinajstić information content (AvgIpc) is 3.09. The predicted octanol–water partition coefficient (Wildman–Crippen LogP) is 2.31. The minimum absolute atomic E-state index is 0.0916. The highest BCUT2D eigenvalue weighted by atomic mass is 32.2. The zero-order valence-electron chi connectivity index (χ0n) is 9.76. The van der Waals surface area contributed by atoms with Crippen LogP contribution in [0.2, 0.25) is 0 Å². The van der Waals surface area contributed by atoms with Crippen LogP contribution < -0.4 is 5.32 Å². The molecule has 2 heterocycles. The van der Waals surface area contributed by atoms with Crippen molar-refractivity contribution >= 4 is 39.2 Å². The molecule has 0 atom stereocenters. The molecule has 2 aromatic heterocycles. The van der Waals surface area contributed by atoms with Crippen molar-refractivity contribution in [2.75, 3.05) is 12.3 Å². The maximum Gasteiger partial charge on any atom is 0.230 e. The largest absolute Gasteiger partial charge is 0.355 e. The monoisotopic (exact) mass is 279 g/mol. The molecule has 3 rings (SSSR count). The number of nitrogens with one attached hydrogen (secondary N) is 1. The standard InChI is InChI=1S/C12H13N3OS2/c16-10(13-5-8-1-2-8)6-18-12-9-3-4-17-11(9)14-7-15-12/h3-4,7-8H,1-2,5-6H2,(H,13,16). The van der Waals surface area contributed by atoms with Crippen molar-refractivity contribution in [2.24, 2.45) is 5.92 Å². The van der Waals surface area contributed by atoms with Crippen molar-refractivity contribution in [3.63, 3.8) is 0 Å². The van der Waals surface area contributed by atoms with E-state index in [1.807, 2.05) is 11.4 Å². The third-order valence-corrected chi connectivity index (χ3v) is 4.68. The van der Waals surface area contributed by atoms with Crippen molar-refractivity contribution in [3.05, 3.63) is 17.8 Å². The van der Waals surface area contributed by atoms with E-state index in [9.17, 15) is 4.79 Å². The zero-order chi connectivity index (χ0) is 12.4. The van der Waals surface area contributed by atoms with Gasteiger partial charge in [0, 0.05) is 11.9 Å². The number of amides is 1. The average molecular weight is 279 g/mol. The first-order chi connectivity index (χ1) is 8.83. The van der Waals surface area contributed by atoms with Crippen molar-refractivity contribution in [2.45, 2.75) is 17.9 Å². The summed E-state index contributed by atoms with van der Waals surface area (Å²) in [6, 6.07) is 2.00. The summed E-state index contributed by atoms with van der Waals surface area (Å²) in [6.45, 7) is 0.830. The van der Waals surface area contributed by atoms with Gasteiger partial charge in [0.15, 0.2) is 0 Å². The molecule has 0 aliphatic heterocycles. The second kappa shape index (κ2) is 5.24. The van der Waals surface area contributed by atoms with E-state index in [0.717, 1.165) is 27.7 Å². The summed E-state index contributed by atoms with van der Waals surface area (Å²) >= 11 is 3.07. The maximum absolute atomic E-state index is 11.7. The summed E-state index contributed by atoms with van der Waals surface area (Å²) in [4.78, 5) is 21.1. The van der Waals surface area contributed by atoms with Gasteiger partial charge in [0.25, 0.3) is 0 Å². The van der Waals surface area contributed by atoms with Crippen LogP contribution in [-0.4, -0.2) is 28.2 Å². The Bertz CT molecular complexity index is 565. The SMILES string of the molecule is O=C(CSc1ncnc2sccc12)NCC1CC1. The lowest BCUT2D eigenvalue weighted by atomic mass is 10.4. The summed E-state index contributed by atoms with van der Waals surface area (Å²) in [6.07, 6.45) is 4.08. The lowest BCUT2D eigenvalue weighted by molar-refractivity contribution is -0.118. The molecule has 1 amide bonds. The van der Waals surface area contributed by atoms with Crippen LogP contribution in [0, 0.1) is 5.92 Å². The van der Waals surface area contributed by atoms with Crippen molar-refractivity contribution in [1.29, 1.82) is 0 Å². The first kappa shape index (κ1) is 11.9. The molecule has 0 spiro atoms. The van der Waals surface area contributed by atoms with Crippen LogP contribution in [0.1, 0.15) is 12.8 Å². The molecule has 0 unspecified atom stereocenters. The summed E-state index contributed by atoms with van der Waals surface area (Å²) in [7, 11) is 0. The second-order valence-corrected chi connectivity index (χ2v) is 6.21. The number of nitrogens with zero attached hydrogens (tertiary/aromatic N) is 2. The molecule has 1 saturated carbocycles. The molecule has 0 aromatic carbocycles. The minimum Gasteiger partial charge on any atom is -0.355 e. The van der Waals surface area contributed by atoms with E-state index < -0.39 is 0 Å². The van der Waals surface area contributed by atoms with Crippen LogP contribution in [-0.2, 0) is 4.79 Å². The van der Waals surface area contributed by atoms with Gasteiger partial charge < -0.3 is 5.32 Å². The molecule has 0 saturated heterocycles. The molecular weight excluding hydrogens is 266 g/mol. The van der Waals surface area contributed by atoms with Gasteiger partial charge in [0.05, 0.1) is 5.75 Å². The van der Waals surface area contributed by atoms with Gasteiger partial charge in [-0.3, -0.25) is 4.79 Å². The number of carbonyl (C=O) groups excluding carboxylic acids is 1. The van der Waals surface area contributed by atoms with Crippen LogP contribution in [0.4, 0.5) is 0 Å². The Labute approximate surface area is 113 Å². The molecule has 2 aromatic rings. The first-order valence-electron chi connectivity index (χ1n) is 5.90. The summed E-state index contributed by atoms with van der Waals surface area (Å²) in [5, 5.41) is 6.89. The molecule has 18 heavy (non-hydrogen) atoms. The van der Waals surface area contributed by atoms with E-state index in [1.54, 1.807) is 17.7 Å². The van der Waals surface area contributed by atoms with Gasteiger partial charge in [-0.1, -0.05) is 11.8 Å². The lowest BCUT2D eigenvalue weighted by Gasteiger charge is -2.04. The second-order valence-electron chi connectivity index (χ2n) is 4.35. The number of hydrogen-bond acceptors (Lipinski definition) is 5. The number of hydrogen-bond donors (Lipinski definition) is 1. The fourth-order valence-electron chi connectivity index (χ4n) is 1.65. The third kappa shape index (κ3) is 2.81. The van der Waals surface area contributed by atoms with E-state index in [2.05, 4.69) is 15.3 Å². The molecule has 1 aliphatic carbocycles. The Hall–Kier alpha value is -1.14. The molecule has 0 radical (unpaired) electrons. The zero-order valence-corrected chi connectivity index (χ0v) is 11.4. The molecule has 94 valence electrons. The minimum atomic E-state index is 0.0916. The summed E-state index contributed by atoms with van der Waals surface area (Å²) in [5.74, 6) is 1.24. The first-order valence-corrected chi connectivity index (χ1v) is 7.77. The highest BCUT2D eigenvalue weighted by molar-refractivity contribution is 8.00.